The molecule has 0 bridgehead atoms. The van der Waals surface area contributed by atoms with E-state index in [4.69, 9.17) is 16.3 Å². The predicted molar refractivity (Wildman–Crippen MR) is 120 cm³/mol. The number of pyridine rings is 1. The van der Waals surface area contributed by atoms with Crippen LogP contribution in [0, 0.1) is 0 Å². The summed E-state index contributed by atoms with van der Waals surface area (Å²) in [7, 11) is 0. The highest BCUT2D eigenvalue weighted by atomic mass is 35.5. The standard InChI is InChI=1S/C22H32ClN5O3/c1-15-12-27(13-16(2)31-15)22(30)21-19(28-14-17(23)3-4-20(28)25-21)11-24-7-10-26-8-5-18(29)6-9-26/h3-4,14-16,18,24,29H,5-13H2,1-2H3. The fraction of sp³-hybridized carbons (Fsp3) is 0.636. The summed E-state index contributed by atoms with van der Waals surface area (Å²) in [4.78, 5) is 22.2. The second kappa shape index (κ2) is 9.83. The van der Waals surface area contributed by atoms with E-state index in [0.717, 1.165) is 44.7 Å². The number of carbonyl (C=O) groups is 1. The molecule has 2 aliphatic heterocycles. The molecule has 2 fully saturated rings. The molecule has 0 radical (unpaired) electrons. The number of nitrogens with one attached hydrogen (secondary N) is 1. The van der Waals surface area contributed by atoms with Gasteiger partial charge < -0.3 is 29.4 Å². The summed E-state index contributed by atoms with van der Waals surface area (Å²) in [5.74, 6) is -0.0661. The van der Waals surface area contributed by atoms with Gasteiger partial charge in [-0.1, -0.05) is 11.6 Å². The molecule has 0 aliphatic carbocycles. The molecule has 2 atom stereocenters. The maximum atomic E-state index is 13.4. The molecular formula is C22H32ClN5O3. The highest BCUT2D eigenvalue weighted by molar-refractivity contribution is 6.30. The number of aliphatic hydroxyl groups excluding tert-OH is 1. The molecule has 0 aromatic carbocycles. The Morgan fingerprint density at radius 3 is 2.68 bits per heavy atom. The molecule has 2 aromatic heterocycles. The Kier molecular flexibility index (Phi) is 7.13. The van der Waals surface area contributed by atoms with Crippen molar-refractivity contribution in [2.24, 2.45) is 0 Å². The van der Waals surface area contributed by atoms with E-state index in [-0.39, 0.29) is 24.2 Å². The number of aliphatic hydroxyl groups is 1. The van der Waals surface area contributed by atoms with Gasteiger partial charge in [0.2, 0.25) is 0 Å². The molecule has 0 saturated carbocycles. The van der Waals surface area contributed by atoms with Crippen LogP contribution in [-0.4, -0.2) is 87.8 Å². The summed E-state index contributed by atoms with van der Waals surface area (Å²) in [6.07, 6.45) is 3.33. The molecule has 1 amide bonds. The number of morpholine rings is 1. The minimum atomic E-state index is -0.161. The minimum Gasteiger partial charge on any atom is -0.393 e. The molecule has 170 valence electrons. The molecule has 2 saturated heterocycles. The maximum Gasteiger partial charge on any atom is 0.274 e. The zero-order chi connectivity index (χ0) is 22.0. The van der Waals surface area contributed by atoms with Crippen molar-refractivity contribution in [3.8, 4) is 0 Å². The number of likely N-dealkylation sites (tertiary alicyclic amines) is 1. The molecule has 2 unspecified atom stereocenters. The van der Waals surface area contributed by atoms with Crippen LogP contribution in [0.4, 0.5) is 0 Å². The Hall–Kier alpha value is -1.71. The van der Waals surface area contributed by atoms with Crippen LogP contribution >= 0.6 is 11.6 Å². The van der Waals surface area contributed by atoms with Crippen molar-refractivity contribution in [3.05, 3.63) is 34.7 Å². The van der Waals surface area contributed by atoms with Crippen molar-refractivity contribution in [1.29, 1.82) is 0 Å². The number of rotatable bonds is 6. The average molecular weight is 450 g/mol. The Balaban J connectivity index is 1.48. The number of carbonyl (C=O) groups excluding carboxylic acids is 1. The summed E-state index contributed by atoms with van der Waals surface area (Å²) in [6, 6.07) is 3.63. The van der Waals surface area contributed by atoms with E-state index in [0.29, 0.717) is 36.0 Å². The lowest BCUT2D eigenvalue weighted by Gasteiger charge is -2.35. The van der Waals surface area contributed by atoms with Crippen molar-refractivity contribution in [1.82, 2.24) is 24.5 Å². The molecule has 0 spiro atoms. The lowest BCUT2D eigenvalue weighted by Crippen LogP contribution is -2.48. The highest BCUT2D eigenvalue weighted by Gasteiger charge is 2.30. The fourth-order valence-electron chi connectivity index (χ4n) is 4.49. The Bertz CT molecular complexity index is 902. The van der Waals surface area contributed by atoms with E-state index >= 15 is 0 Å². The van der Waals surface area contributed by atoms with Crippen molar-refractivity contribution in [3.63, 3.8) is 0 Å². The first-order chi connectivity index (χ1) is 14.9. The normalized spacial score (nSPS) is 23.5. The zero-order valence-corrected chi connectivity index (χ0v) is 19.0. The number of piperidine rings is 1. The number of amides is 1. The van der Waals surface area contributed by atoms with Gasteiger partial charge in [0, 0.05) is 52.0 Å². The first-order valence-electron chi connectivity index (χ1n) is 11.1. The summed E-state index contributed by atoms with van der Waals surface area (Å²) in [5, 5.41) is 13.7. The maximum absolute atomic E-state index is 13.4. The van der Waals surface area contributed by atoms with Crippen molar-refractivity contribution in [2.75, 3.05) is 39.3 Å². The van der Waals surface area contributed by atoms with Gasteiger partial charge in [0.15, 0.2) is 5.69 Å². The number of hydrogen-bond donors (Lipinski definition) is 2. The van der Waals surface area contributed by atoms with Crippen LogP contribution in [0.15, 0.2) is 18.3 Å². The van der Waals surface area contributed by atoms with Gasteiger partial charge in [-0.2, -0.15) is 0 Å². The van der Waals surface area contributed by atoms with Crippen LogP contribution in [-0.2, 0) is 11.3 Å². The second-order valence-corrected chi connectivity index (χ2v) is 9.14. The Morgan fingerprint density at radius 1 is 1.26 bits per heavy atom. The lowest BCUT2D eigenvalue weighted by atomic mass is 10.1. The average Bonchev–Trinajstić information content (AvgIpc) is 3.09. The zero-order valence-electron chi connectivity index (χ0n) is 18.3. The van der Waals surface area contributed by atoms with E-state index in [1.807, 2.05) is 35.4 Å². The summed E-state index contributed by atoms with van der Waals surface area (Å²) >= 11 is 6.23. The Morgan fingerprint density at radius 2 is 1.97 bits per heavy atom. The summed E-state index contributed by atoms with van der Waals surface area (Å²) < 4.78 is 7.69. The van der Waals surface area contributed by atoms with E-state index < -0.39 is 0 Å². The van der Waals surface area contributed by atoms with Crippen molar-refractivity contribution < 1.29 is 14.6 Å². The number of imidazole rings is 1. The number of hydrogen-bond acceptors (Lipinski definition) is 6. The molecule has 9 heteroatoms. The third-order valence-electron chi connectivity index (χ3n) is 6.05. The summed E-state index contributed by atoms with van der Waals surface area (Å²) in [6.45, 7) is 9.17. The van der Waals surface area contributed by atoms with Crippen molar-refractivity contribution in [2.45, 2.75) is 51.5 Å². The topological polar surface area (TPSA) is 82.3 Å². The lowest BCUT2D eigenvalue weighted by molar-refractivity contribution is -0.0587. The molecule has 8 nitrogen and oxygen atoms in total. The number of aromatic nitrogens is 2. The first kappa shape index (κ1) is 22.5. The largest absolute Gasteiger partial charge is 0.393 e. The molecular weight excluding hydrogens is 418 g/mol. The van der Waals surface area contributed by atoms with Gasteiger partial charge in [-0.05, 0) is 38.8 Å². The number of ether oxygens (including phenoxy) is 1. The van der Waals surface area contributed by atoms with Gasteiger partial charge in [0.25, 0.3) is 5.91 Å². The molecule has 2 aromatic rings. The number of nitrogens with zero attached hydrogens (tertiary/aromatic N) is 4. The minimum absolute atomic E-state index is 0.00353. The van der Waals surface area contributed by atoms with Gasteiger partial charge in [0.1, 0.15) is 5.65 Å². The van der Waals surface area contributed by atoms with E-state index in [1.165, 1.54) is 0 Å². The van der Waals surface area contributed by atoms with Crippen LogP contribution in [0.5, 0.6) is 0 Å². The van der Waals surface area contributed by atoms with Crippen LogP contribution in [0.2, 0.25) is 5.02 Å². The van der Waals surface area contributed by atoms with Gasteiger partial charge in [-0.25, -0.2) is 4.98 Å². The quantitative estimate of drug-likeness (QED) is 0.654. The Labute approximate surface area is 188 Å². The first-order valence-corrected chi connectivity index (χ1v) is 11.5. The van der Waals surface area contributed by atoms with Gasteiger partial charge in [-0.3, -0.25) is 4.79 Å². The molecule has 2 N–H and O–H groups in total. The van der Waals surface area contributed by atoms with Crippen LogP contribution < -0.4 is 5.32 Å². The summed E-state index contributed by atoms with van der Waals surface area (Å²) in [5.41, 5.74) is 2.00. The molecule has 31 heavy (non-hydrogen) atoms. The molecule has 4 rings (SSSR count). The smallest absolute Gasteiger partial charge is 0.274 e. The molecule has 2 aliphatic rings. The van der Waals surface area contributed by atoms with Crippen LogP contribution in [0.3, 0.4) is 0 Å². The van der Waals surface area contributed by atoms with Gasteiger partial charge in [0.05, 0.1) is 29.0 Å². The van der Waals surface area contributed by atoms with E-state index in [9.17, 15) is 9.90 Å². The number of halogens is 1. The van der Waals surface area contributed by atoms with Gasteiger partial charge >= 0.3 is 0 Å². The SMILES string of the molecule is CC1CN(C(=O)c2nc3ccc(Cl)cn3c2CNCCN2CCC(O)CC2)CC(C)O1. The highest BCUT2D eigenvalue weighted by Crippen LogP contribution is 2.20. The fourth-order valence-corrected chi connectivity index (χ4v) is 4.65. The van der Waals surface area contributed by atoms with Crippen LogP contribution in [0.25, 0.3) is 5.65 Å². The third-order valence-corrected chi connectivity index (χ3v) is 6.27. The molecule has 4 heterocycles. The third kappa shape index (κ3) is 5.38. The van der Waals surface area contributed by atoms with Crippen molar-refractivity contribution >= 4 is 23.2 Å². The van der Waals surface area contributed by atoms with Gasteiger partial charge in [-0.15, -0.1) is 0 Å². The number of fused-ring (bicyclic) bond motifs is 1. The second-order valence-electron chi connectivity index (χ2n) is 8.70. The van der Waals surface area contributed by atoms with Crippen LogP contribution in [0.1, 0.15) is 42.9 Å². The predicted octanol–water partition coefficient (Wildman–Crippen LogP) is 1.78. The van der Waals surface area contributed by atoms with E-state index in [2.05, 4.69) is 15.2 Å². The van der Waals surface area contributed by atoms with E-state index in [1.54, 1.807) is 6.07 Å². The monoisotopic (exact) mass is 449 g/mol.